The molecule has 0 bridgehead atoms. The first-order valence-electron chi connectivity index (χ1n) is 6.68. The number of benzene rings is 1. The Labute approximate surface area is 133 Å². The summed E-state index contributed by atoms with van der Waals surface area (Å²) in [6.07, 6.45) is 0. The maximum atomic E-state index is 12.4. The van der Waals surface area contributed by atoms with Crippen LogP contribution in [0.4, 0.5) is 0 Å². The molecule has 114 valence electrons. The first-order chi connectivity index (χ1) is 10.0. The predicted octanol–water partition coefficient (Wildman–Crippen LogP) is 1.50. The molecular formula is C14H17Cl2N3O2. The largest absolute Gasteiger partial charge is 0.358 e. The number of halogens is 2. The van der Waals surface area contributed by atoms with E-state index < -0.39 is 0 Å². The third-order valence-corrected chi connectivity index (χ3v) is 4.21. The zero-order valence-electron chi connectivity index (χ0n) is 11.7. The lowest BCUT2D eigenvalue weighted by molar-refractivity contribution is -0.122. The van der Waals surface area contributed by atoms with E-state index in [0.29, 0.717) is 48.3 Å². The first kappa shape index (κ1) is 16.1. The number of hydrogen-bond acceptors (Lipinski definition) is 3. The van der Waals surface area contributed by atoms with Crippen LogP contribution in [0, 0.1) is 0 Å². The molecule has 2 amide bonds. The van der Waals surface area contributed by atoms with Gasteiger partial charge >= 0.3 is 0 Å². The molecule has 0 aliphatic carbocycles. The van der Waals surface area contributed by atoms with Crippen LogP contribution in [-0.4, -0.2) is 61.4 Å². The Hall–Kier alpha value is -1.30. The molecule has 0 atom stereocenters. The fourth-order valence-electron chi connectivity index (χ4n) is 2.20. The molecule has 0 unspecified atom stereocenters. The number of carbonyl (C=O) groups excluding carboxylic acids is 2. The molecule has 1 N–H and O–H groups in total. The summed E-state index contributed by atoms with van der Waals surface area (Å²) in [4.78, 5) is 27.5. The third kappa shape index (κ3) is 4.09. The molecule has 21 heavy (non-hydrogen) atoms. The molecule has 1 aliphatic rings. The van der Waals surface area contributed by atoms with E-state index in [2.05, 4.69) is 5.32 Å². The van der Waals surface area contributed by atoms with Gasteiger partial charge in [-0.2, -0.15) is 0 Å². The molecule has 1 aromatic rings. The average molecular weight is 330 g/mol. The van der Waals surface area contributed by atoms with E-state index in [1.54, 1.807) is 30.1 Å². The lowest BCUT2D eigenvalue weighted by Crippen LogP contribution is -2.50. The van der Waals surface area contributed by atoms with Gasteiger partial charge < -0.3 is 10.2 Å². The van der Waals surface area contributed by atoms with E-state index in [4.69, 9.17) is 23.2 Å². The van der Waals surface area contributed by atoms with Gasteiger partial charge in [-0.15, -0.1) is 0 Å². The van der Waals surface area contributed by atoms with E-state index >= 15 is 0 Å². The Morgan fingerprint density at radius 2 is 1.81 bits per heavy atom. The minimum Gasteiger partial charge on any atom is -0.358 e. The molecule has 1 aliphatic heterocycles. The van der Waals surface area contributed by atoms with Gasteiger partial charge in [0, 0.05) is 38.8 Å². The molecule has 1 aromatic carbocycles. The highest BCUT2D eigenvalue weighted by molar-refractivity contribution is 6.42. The molecule has 7 heteroatoms. The minimum absolute atomic E-state index is 0.0146. The van der Waals surface area contributed by atoms with Gasteiger partial charge in [-0.25, -0.2) is 0 Å². The monoisotopic (exact) mass is 329 g/mol. The van der Waals surface area contributed by atoms with Gasteiger partial charge in [0.15, 0.2) is 0 Å². The van der Waals surface area contributed by atoms with Crippen molar-refractivity contribution in [3.8, 4) is 0 Å². The highest BCUT2D eigenvalue weighted by atomic mass is 35.5. The van der Waals surface area contributed by atoms with Crippen molar-refractivity contribution < 1.29 is 9.59 Å². The van der Waals surface area contributed by atoms with Crippen LogP contribution >= 0.6 is 23.2 Å². The summed E-state index contributed by atoms with van der Waals surface area (Å²) in [7, 11) is 1.62. The summed E-state index contributed by atoms with van der Waals surface area (Å²) >= 11 is 11.8. The molecular weight excluding hydrogens is 313 g/mol. The molecule has 0 radical (unpaired) electrons. The quantitative estimate of drug-likeness (QED) is 0.914. The van der Waals surface area contributed by atoms with Crippen molar-refractivity contribution in [1.29, 1.82) is 0 Å². The van der Waals surface area contributed by atoms with Crippen molar-refractivity contribution >= 4 is 35.0 Å². The molecule has 5 nitrogen and oxygen atoms in total. The smallest absolute Gasteiger partial charge is 0.253 e. The summed E-state index contributed by atoms with van der Waals surface area (Å²) in [6.45, 7) is 2.92. The summed E-state index contributed by atoms with van der Waals surface area (Å²) < 4.78 is 0. The van der Waals surface area contributed by atoms with Crippen molar-refractivity contribution in [2.75, 3.05) is 39.8 Å². The van der Waals surface area contributed by atoms with Crippen LogP contribution in [0.5, 0.6) is 0 Å². The zero-order valence-corrected chi connectivity index (χ0v) is 13.2. The number of amides is 2. The first-order valence-corrected chi connectivity index (χ1v) is 7.44. The lowest BCUT2D eigenvalue weighted by atomic mass is 10.2. The van der Waals surface area contributed by atoms with E-state index in [0.717, 1.165) is 0 Å². The van der Waals surface area contributed by atoms with Gasteiger partial charge in [-0.3, -0.25) is 14.5 Å². The fraction of sp³-hybridized carbons (Fsp3) is 0.429. The molecule has 0 saturated carbocycles. The number of rotatable bonds is 3. The van der Waals surface area contributed by atoms with Gasteiger partial charge in [-0.1, -0.05) is 23.2 Å². The van der Waals surface area contributed by atoms with Crippen molar-refractivity contribution in [3.05, 3.63) is 33.8 Å². The van der Waals surface area contributed by atoms with Gasteiger partial charge in [0.1, 0.15) is 0 Å². The highest BCUT2D eigenvalue weighted by Gasteiger charge is 2.23. The SMILES string of the molecule is CNC(=O)CN1CCN(C(=O)c2ccc(Cl)c(Cl)c2)CC1. The second kappa shape index (κ2) is 7.11. The summed E-state index contributed by atoms with van der Waals surface area (Å²) in [6, 6.07) is 4.88. The van der Waals surface area contributed by atoms with E-state index in [1.807, 2.05) is 4.90 Å². The molecule has 1 heterocycles. The zero-order chi connectivity index (χ0) is 15.4. The summed E-state index contributed by atoms with van der Waals surface area (Å²) in [5.74, 6) is -0.0765. The van der Waals surface area contributed by atoms with E-state index in [9.17, 15) is 9.59 Å². The van der Waals surface area contributed by atoms with Crippen molar-refractivity contribution in [2.45, 2.75) is 0 Å². The van der Waals surface area contributed by atoms with Crippen molar-refractivity contribution in [2.24, 2.45) is 0 Å². The standard InChI is InChI=1S/C14H17Cl2N3O2/c1-17-13(20)9-18-4-6-19(7-5-18)14(21)10-2-3-11(15)12(16)8-10/h2-3,8H,4-7,9H2,1H3,(H,17,20). The number of nitrogens with one attached hydrogen (secondary N) is 1. The molecule has 2 rings (SSSR count). The maximum Gasteiger partial charge on any atom is 0.253 e. The number of nitrogens with zero attached hydrogens (tertiary/aromatic N) is 2. The Morgan fingerprint density at radius 1 is 1.14 bits per heavy atom. The molecule has 1 fully saturated rings. The van der Waals surface area contributed by atoms with Crippen LogP contribution in [-0.2, 0) is 4.79 Å². The van der Waals surface area contributed by atoms with E-state index in [-0.39, 0.29) is 11.8 Å². The Kier molecular flexibility index (Phi) is 5.45. The Balaban J connectivity index is 1.93. The highest BCUT2D eigenvalue weighted by Crippen LogP contribution is 2.23. The molecule has 1 saturated heterocycles. The predicted molar refractivity (Wildman–Crippen MR) is 82.9 cm³/mol. The van der Waals surface area contributed by atoms with Crippen LogP contribution < -0.4 is 5.32 Å². The maximum absolute atomic E-state index is 12.4. The Bertz CT molecular complexity index is 543. The normalized spacial score (nSPS) is 15.9. The summed E-state index contributed by atoms with van der Waals surface area (Å²) in [5.41, 5.74) is 0.532. The molecule has 0 aromatic heterocycles. The van der Waals surface area contributed by atoms with Crippen LogP contribution in [0.2, 0.25) is 10.0 Å². The van der Waals surface area contributed by atoms with Gasteiger partial charge in [0.05, 0.1) is 16.6 Å². The van der Waals surface area contributed by atoms with Crippen molar-refractivity contribution in [1.82, 2.24) is 15.1 Å². The van der Waals surface area contributed by atoms with Gasteiger partial charge in [-0.05, 0) is 18.2 Å². The topological polar surface area (TPSA) is 52.7 Å². The van der Waals surface area contributed by atoms with Gasteiger partial charge in [0.2, 0.25) is 5.91 Å². The lowest BCUT2D eigenvalue weighted by Gasteiger charge is -2.34. The number of piperazine rings is 1. The molecule has 0 spiro atoms. The second-order valence-electron chi connectivity index (χ2n) is 4.87. The van der Waals surface area contributed by atoms with Crippen LogP contribution in [0.25, 0.3) is 0 Å². The van der Waals surface area contributed by atoms with Crippen molar-refractivity contribution in [3.63, 3.8) is 0 Å². The average Bonchev–Trinajstić information content (AvgIpc) is 2.50. The van der Waals surface area contributed by atoms with Crippen LogP contribution in [0.15, 0.2) is 18.2 Å². The number of likely N-dealkylation sites (N-methyl/N-ethyl adjacent to an activating group) is 1. The Morgan fingerprint density at radius 3 is 2.38 bits per heavy atom. The number of carbonyl (C=O) groups is 2. The van der Waals surface area contributed by atoms with Crippen LogP contribution in [0.3, 0.4) is 0 Å². The minimum atomic E-state index is -0.0619. The van der Waals surface area contributed by atoms with Gasteiger partial charge in [0.25, 0.3) is 5.91 Å². The third-order valence-electron chi connectivity index (χ3n) is 3.47. The summed E-state index contributed by atoms with van der Waals surface area (Å²) in [5, 5.41) is 3.40. The van der Waals surface area contributed by atoms with E-state index in [1.165, 1.54) is 0 Å². The van der Waals surface area contributed by atoms with Crippen LogP contribution in [0.1, 0.15) is 10.4 Å². The number of hydrogen-bond donors (Lipinski definition) is 1. The fourth-order valence-corrected chi connectivity index (χ4v) is 2.50. The second-order valence-corrected chi connectivity index (χ2v) is 5.68.